The molecule has 3 aromatic carbocycles. The average molecular weight is 708 g/mol. The Hall–Kier alpha value is -4.96. The van der Waals surface area contributed by atoms with Gasteiger partial charge in [0.15, 0.2) is 0 Å². The predicted molar refractivity (Wildman–Crippen MR) is 169 cm³/mol. The van der Waals surface area contributed by atoms with Gasteiger partial charge in [0.1, 0.15) is 17.5 Å². The summed E-state index contributed by atoms with van der Waals surface area (Å²) in [5.74, 6) is -2.61. The molecule has 2 atom stereocenters. The number of nitrogens with two attached hydrogens (primary N) is 1. The molecule has 1 aromatic heterocycles. The number of nitrogens with zero attached hydrogens (tertiary/aromatic N) is 4. The number of hydrogen-bond donors (Lipinski definition) is 2. The van der Waals surface area contributed by atoms with E-state index in [2.05, 4.69) is 0 Å². The molecular weight excluding hydrogens is 675 g/mol. The molecule has 1 aliphatic heterocycles. The summed E-state index contributed by atoms with van der Waals surface area (Å²) in [6.07, 6.45) is -9.66. The Balaban J connectivity index is 1.55. The lowest BCUT2D eigenvalue weighted by Gasteiger charge is -2.39. The van der Waals surface area contributed by atoms with Crippen LogP contribution in [0.5, 0.6) is 0 Å². The van der Waals surface area contributed by atoms with E-state index in [4.69, 9.17) is 5.73 Å². The van der Waals surface area contributed by atoms with E-state index < -0.39 is 70.7 Å². The van der Waals surface area contributed by atoms with Gasteiger partial charge in [0.05, 0.1) is 24.2 Å². The van der Waals surface area contributed by atoms with Crippen LogP contribution >= 0.6 is 0 Å². The van der Waals surface area contributed by atoms with E-state index in [0.29, 0.717) is 11.6 Å². The largest absolute Gasteiger partial charge is 0.480 e. The number of aliphatic carboxylic acids is 1. The van der Waals surface area contributed by atoms with Gasteiger partial charge in [-0.05, 0) is 42.3 Å². The van der Waals surface area contributed by atoms with Crippen molar-refractivity contribution in [3.05, 3.63) is 133 Å². The number of benzene rings is 3. The highest BCUT2D eigenvalue weighted by Crippen LogP contribution is 2.35. The SMILES string of the molecule is Cc1c(N2CCN(C(C(=O)O)c3cccc(C(F)(F)F)c3)CC2)c(=O)n(C[C@H](N)c2ccccc2)c(=O)n1Cc1c(F)cccc1C(F)(F)F. The van der Waals surface area contributed by atoms with Crippen molar-refractivity contribution in [3.8, 4) is 0 Å². The van der Waals surface area contributed by atoms with Gasteiger partial charge < -0.3 is 15.7 Å². The number of halogens is 7. The second kappa shape index (κ2) is 14.1. The van der Waals surface area contributed by atoms with E-state index >= 15 is 0 Å². The highest BCUT2D eigenvalue weighted by Gasteiger charge is 2.37. The number of hydrogen-bond acceptors (Lipinski definition) is 6. The van der Waals surface area contributed by atoms with Crippen molar-refractivity contribution in [2.24, 2.45) is 5.73 Å². The second-order valence-electron chi connectivity index (χ2n) is 11.9. The summed E-state index contributed by atoms with van der Waals surface area (Å²) in [4.78, 5) is 43.2. The quantitative estimate of drug-likeness (QED) is 0.230. The zero-order chi connectivity index (χ0) is 36.5. The first-order valence-electron chi connectivity index (χ1n) is 15.4. The van der Waals surface area contributed by atoms with E-state index in [1.165, 1.54) is 22.8 Å². The molecule has 9 nitrogen and oxygen atoms in total. The molecule has 0 aliphatic carbocycles. The van der Waals surface area contributed by atoms with Crippen LogP contribution in [0.2, 0.25) is 0 Å². The Morgan fingerprint density at radius 3 is 2.06 bits per heavy atom. The maximum absolute atomic E-state index is 15.0. The van der Waals surface area contributed by atoms with Gasteiger partial charge in [0.25, 0.3) is 5.56 Å². The number of rotatable bonds is 9. The summed E-state index contributed by atoms with van der Waals surface area (Å²) in [5, 5.41) is 10.0. The molecule has 2 heterocycles. The molecule has 16 heteroatoms. The van der Waals surface area contributed by atoms with Gasteiger partial charge in [-0.1, -0.05) is 48.5 Å². The number of piperazine rings is 1. The van der Waals surface area contributed by atoms with Crippen LogP contribution in [-0.2, 0) is 30.2 Å². The molecule has 5 rings (SSSR count). The molecule has 4 aromatic rings. The van der Waals surface area contributed by atoms with Gasteiger partial charge in [-0.15, -0.1) is 0 Å². The highest BCUT2D eigenvalue weighted by atomic mass is 19.4. The normalized spacial score (nSPS) is 15.6. The molecule has 0 saturated carbocycles. The summed E-state index contributed by atoms with van der Waals surface area (Å²) in [7, 11) is 0. The van der Waals surface area contributed by atoms with Crippen molar-refractivity contribution in [3.63, 3.8) is 0 Å². The minimum Gasteiger partial charge on any atom is -0.480 e. The standard InChI is InChI=1S/C34H32F7N5O4/c1-20-28(43-13-15-44(16-14-43)29(31(48)49)22-9-5-10-23(17-22)33(36,37)38)30(47)46(19-27(42)21-7-3-2-4-8-21)32(50)45(20)18-24-25(34(39,40)41)11-6-12-26(24)35/h2-12,17,27,29H,13-16,18-19,42H2,1H3,(H,48,49)/t27-,29?/m0/s1. The third kappa shape index (κ3) is 7.45. The maximum Gasteiger partial charge on any atom is 0.416 e. The first kappa shape index (κ1) is 36.3. The molecule has 1 aliphatic rings. The molecule has 1 unspecified atom stereocenters. The fourth-order valence-corrected chi connectivity index (χ4v) is 6.24. The molecule has 1 fully saturated rings. The minimum atomic E-state index is -4.96. The summed E-state index contributed by atoms with van der Waals surface area (Å²) in [5.41, 5.74) is 1.67. The third-order valence-electron chi connectivity index (χ3n) is 8.76. The predicted octanol–water partition coefficient (Wildman–Crippen LogP) is 5.19. The van der Waals surface area contributed by atoms with Crippen molar-refractivity contribution < 1.29 is 40.6 Å². The van der Waals surface area contributed by atoms with Crippen LogP contribution in [0, 0.1) is 12.7 Å². The van der Waals surface area contributed by atoms with Crippen LogP contribution in [-0.4, -0.2) is 51.3 Å². The van der Waals surface area contributed by atoms with Gasteiger partial charge in [-0.3, -0.25) is 23.6 Å². The van der Waals surface area contributed by atoms with Crippen molar-refractivity contribution in [2.75, 3.05) is 31.1 Å². The average Bonchev–Trinajstić information content (AvgIpc) is 3.06. The molecule has 1 saturated heterocycles. The Bertz CT molecular complexity index is 1990. The zero-order valence-corrected chi connectivity index (χ0v) is 26.5. The fourth-order valence-electron chi connectivity index (χ4n) is 6.24. The van der Waals surface area contributed by atoms with Crippen LogP contribution < -0.4 is 21.9 Å². The number of aromatic nitrogens is 2. The number of carboxylic acid groups (broad SMARTS) is 1. The van der Waals surface area contributed by atoms with Crippen LogP contribution in [0.25, 0.3) is 0 Å². The summed E-state index contributed by atoms with van der Waals surface area (Å²) >= 11 is 0. The van der Waals surface area contributed by atoms with Gasteiger partial charge in [-0.25, -0.2) is 9.18 Å². The van der Waals surface area contributed by atoms with Gasteiger partial charge in [0.2, 0.25) is 0 Å². The molecule has 50 heavy (non-hydrogen) atoms. The van der Waals surface area contributed by atoms with E-state index in [-0.39, 0.29) is 49.7 Å². The van der Waals surface area contributed by atoms with Crippen molar-refractivity contribution >= 4 is 11.7 Å². The van der Waals surface area contributed by atoms with Gasteiger partial charge in [0, 0.05) is 43.5 Å². The first-order valence-corrected chi connectivity index (χ1v) is 15.4. The van der Waals surface area contributed by atoms with E-state index in [1.807, 2.05) is 0 Å². The second-order valence-corrected chi connectivity index (χ2v) is 11.9. The van der Waals surface area contributed by atoms with E-state index in [0.717, 1.165) is 39.5 Å². The first-order chi connectivity index (χ1) is 23.5. The molecular formula is C34H32F7N5O4. The van der Waals surface area contributed by atoms with Gasteiger partial charge in [-0.2, -0.15) is 26.3 Å². The highest BCUT2D eigenvalue weighted by molar-refractivity contribution is 5.75. The van der Waals surface area contributed by atoms with E-state index in [1.54, 1.807) is 30.3 Å². The summed E-state index contributed by atoms with van der Waals surface area (Å²) < 4.78 is 98.6. The van der Waals surface area contributed by atoms with Crippen molar-refractivity contribution in [1.29, 1.82) is 0 Å². The van der Waals surface area contributed by atoms with Crippen LogP contribution in [0.4, 0.5) is 36.4 Å². The Morgan fingerprint density at radius 1 is 0.840 bits per heavy atom. The monoisotopic (exact) mass is 707 g/mol. The molecule has 0 amide bonds. The maximum atomic E-state index is 15.0. The number of alkyl halides is 6. The Morgan fingerprint density at radius 2 is 1.46 bits per heavy atom. The Kier molecular flexibility index (Phi) is 10.3. The van der Waals surface area contributed by atoms with Crippen LogP contribution in [0.3, 0.4) is 0 Å². The fraction of sp³-hybridized carbons (Fsp3) is 0.324. The number of anilines is 1. The lowest BCUT2D eigenvalue weighted by Crippen LogP contribution is -2.53. The Labute approximate surface area is 280 Å². The van der Waals surface area contributed by atoms with Crippen LogP contribution in [0.1, 0.15) is 45.6 Å². The zero-order valence-electron chi connectivity index (χ0n) is 26.5. The lowest BCUT2D eigenvalue weighted by atomic mass is 10.0. The smallest absolute Gasteiger partial charge is 0.416 e. The molecule has 0 bridgehead atoms. The van der Waals surface area contributed by atoms with Gasteiger partial charge >= 0.3 is 24.0 Å². The summed E-state index contributed by atoms with van der Waals surface area (Å²) in [6.45, 7) is -0.126. The van der Waals surface area contributed by atoms with Crippen LogP contribution in [0.15, 0.2) is 82.4 Å². The van der Waals surface area contributed by atoms with E-state index in [9.17, 15) is 50.2 Å². The van der Waals surface area contributed by atoms with Crippen molar-refractivity contribution in [1.82, 2.24) is 14.0 Å². The molecule has 0 spiro atoms. The molecule has 0 radical (unpaired) electrons. The lowest BCUT2D eigenvalue weighted by molar-refractivity contribution is -0.144. The van der Waals surface area contributed by atoms with Crippen molar-refractivity contribution in [2.45, 2.75) is 44.4 Å². The minimum absolute atomic E-state index is 0.0464. The summed E-state index contributed by atoms with van der Waals surface area (Å²) in [6, 6.07) is 12.5. The molecule has 266 valence electrons. The topological polar surface area (TPSA) is 114 Å². The third-order valence-corrected chi connectivity index (χ3v) is 8.76. The number of carbonyl (C=O) groups is 1. The number of carboxylic acids is 1. The molecule has 3 N–H and O–H groups in total.